The summed E-state index contributed by atoms with van der Waals surface area (Å²) in [6.07, 6.45) is 3.64. The lowest BCUT2D eigenvalue weighted by Gasteiger charge is -2.12. The van der Waals surface area contributed by atoms with E-state index in [1.54, 1.807) is 6.07 Å². The van der Waals surface area contributed by atoms with Gasteiger partial charge in [-0.05, 0) is 18.6 Å². The molecule has 0 radical (unpaired) electrons. The van der Waals surface area contributed by atoms with Crippen LogP contribution in [0.3, 0.4) is 0 Å². The lowest BCUT2D eigenvalue weighted by atomic mass is 10.2. The molecule has 0 aliphatic carbocycles. The maximum absolute atomic E-state index is 12.3. The molecule has 0 aromatic carbocycles. The maximum atomic E-state index is 12.3. The lowest BCUT2D eigenvalue weighted by Crippen LogP contribution is -2.19. The molecule has 1 unspecified atom stereocenters. The number of hydrogen-bond acceptors (Lipinski definition) is 6. The Balaban J connectivity index is 2.27. The molecule has 0 aliphatic heterocycles. The Hall–Kier alpha value is -2.00. The molecule has 0 amide bonds. The van der Waals surface area contributed by atoms with E-state index in [0.717, 1.165) is 6.20 Å². The number of aromatic nitrogens is 3. The van der Waals surface area contributed by atoms with Crippen LogP contribution in [0.15, 0.2) is 30.7 Å². The molecule has 8 nitrogen and oxygen atoms in total. The zero-order valence-electron chi connectivity index (χ0n) is 10.9. The molecule has 2 rings (SSSR count). The molecule has 112 valence electrons. The van der Waals surface area contributed by atoms with E-state index < -0.39 is 25.9 Å². The topological polar surface area (TPSA) is 108 Å². The first kappa shape index (κ1) is 15.4. The first-order valence-electron chi connectivity index (χ1n) is 5.81. The maximum Gasteiger partial charge on any atom is 0.190 e. The summed E-state index contributed by atoms with van der Waals surface area (Å²) in [5, 5.41) is 9.41. The second-order valence-corrected chi connectivity index (χ2v) is 7.00. The van der Waals surface area contributed by atoms with Crippen LogP contribution in [0.1, 0.15) is 23.6 Å². The quantitative estimate of drug-likeness (QED) is 0.468. The van der Waals surface area contributed by atoms with Gasteiger partial charge in [0.05, 0.1) is 17.6 Å². The van der Waals surface area contributed by atoms with Crippen molar-refractivity contribution in [1.82, 2.24) is 14.6 Å². The van der Waals surface area contributed by atoms with Crippen LogP contribution in [-0.2, 0) is 15.6 Å². The van der Waals surface area contributed by atoms with Crippen molar-refractivity contribution in [3.8, 4) is 0 Å². The Bertz CT molecular complexity index is 757. The number of nitro groups is 1. The summed E-state index contributed by atoms with van der Waals surface area (Å²) in [5.41, 5.74) is 0.457. The highest BCUT2D eigenvalue weighted by atomic mass is 35.5. The van der Waals surface area contributed by atoms with Gasteiger partial charge in [0.15, 0.2) is 20.7 Å². The summed E-state index contributed by atoms with van der Waals surface area (Å²) >= 11 is 5.65. The first-order chi connectivity index (χ1) is 9.81. The van der Waals surface area contributed by atoms with Crippen LogP contribution in [0.25, 0.3) is 0 Å². The molecule has 21 heavy (non-hydrogen) atoms. The number of rotatable bonds is 5. The fraction of sp³-hybridized carbons (Fsp3) is 0.273. The largest absolute Gasteiger partial charge is 0.244 e. The van der Waals surface area contributed by atoms with Crippen molar-refractivity contribution >= 4 is 21.4 Å². The molecule has 0 aliphatic rings. The van der Waals surface area contributed by atoms with Gasteiger partial charge in [0.1, 0.15) is 10.9 Å². The van der Waals surface area contributed by atoms with Crippen LogP contribution in [0.4, 0.5) is 0 Å². The van der Waals surface area contributed by atoms with E-state index in [1.165, 1.54) is 25.4 Å². The van der Waals surface area contributed by atoms with Crippen LogP contribution in [-0.4, -0.2) is 28.1 Å². The van der Waals surface area contributed by atoms with Gasteiger partial charge >= 0.3 is 0 Å². The fourth-order valence-electron chi connectivity index (χ4n) is 1.72. The summed E-state index contributed by atoms with van der Waals surface area (Å²) in [6, 6.07) is 3.04. The van der Waals surface area contributed by atoms with Gasteiger partial charge in [-0.3, -0.25) is 0 Å². The number of pyridine rings is 1. The molecule has 0 N–H and O–H groups in total. The van der Waals surface area contributed by atoms with Crippen molar-refractivity contribution in [2.75, 3.05) is 0 Å². The lowest BCUT2D eigenvalue weighted by molar-refractivity contribution is -0.543. The van der Waals surface area contributed by atoms with Crippen LogP contribution in [0.2, 0.25) is 5.15 Å². The minimum Gasteiger partial charge on any atom is -0.244 e. The van der Waals surface area contributed by atoms with Gasteiger partial charge in [-0.15, -0.1) is 0 Å². The number of imidazole rings is 1. The van der Waals surface area contributed by atoms with Crippen LogP contribution in [0.5, 0.6) is 0 Å². The van der Waals surface area contributed by atoms with Crippen molar-refractivity contribution < 1.29 is 13.5 Å². The molecule has 2 heterocycles. The van der Waals surface area contributed by atoms with Gasteiger partial charge in [0.2, 0.25) is 0 Å². The summed E-state index contributed by atoms with van der Waals surface area (Å²) in [6.45, 7) is 1.49. The third kappa shape index (κ3) is 3.37. The molecule has 2 aromatic rings. The molecule has 2 aromatic heterocycles. The third-order valence-electron chi connectivity index (χ3n) is 2.96. The van der Waals surface area contributed by atoms with Gasteiger partial charge in [-0.1, -0.05) is 22.3 Å². The molecule has 1 atom stereocenters. The van der Waals surface area contributed by atoms with Crippen LogP contribution in [0, 0.1) is 10.1 Å². The van der Waals surface area contributed by atoms with Gasteiger partial charge in [-0.25, -0.2) is 28.5 Å². The van der Waals surface area contributed by atoms with Gasteiger partial charge in [0.25, 0.3) is 0 Å². The molecular weight excluding hydrogens is 320 g/mol. The zero-order valence-corrected chi connectivity index (χ0v) is 12.5. The van der Waals surface area contributed by atoms with Crippen LogP contribution >= 0.6 is 11.6 Å². The summed E-state index contributed by atoms with van der Waals surface area (Å²) < 4.78 is 25.2. The number of hydrogen-bond donors (Lipinski definition) is 0. The highest BCUT2D eigenvalue weighted by molar-refractivity contribution is 7.90. The van der Waals surface area contributed by atoms with Gasteiger partial charge < -0.3 is 0 Å². The van der Waals surface area contributed by atoms with Gasteiger partial charge in [-0.2, -0.15) is 0 Å². The number of halogens is 1. The Labute approximate surface area is 125 Å². The predicted octanol–water partition coefficient (Wildman–Crippen LogP) is 1.65. The Morgan fingerprint density at radius 1 is 1.43 bits per heavy atom. The summed E-state index contributed by atoms with van der Waals surface area (Å²) in [7, 11) is -3.68. The number of nitrogens with zero attached hydrogens (tertiary/aromatic N) is 4. The van der Waals surface area contributed by atoms with E-state index in [2.05, 4.69) is 9.97 Å². The normalized spacial score (nSPS) is 13.0. The zero-order chi connectivity index (χ0) is 15.6. The van der Waals surface area contributed by atoms with E-state index in [9.17, 15) is 18.5 Å². The highest BCUT2D eigenvalue weighted by Gasteiger charge is 2.27. The molecule has 0 fully saturated rings. The molecule has 0 saturated carbocycles. The van der Waals surface area contributed by atoms with E-state index in [4.69, 9.17) is 11.6 Å². The second-order valence-electron chi connectivity index (χ2n) is 4.29. The third-order valence-corrected chi connectivity index (χ3v) is 5.19. The van der Waals surface area contributed by atoms with Crippen molar-refractivity contribution in [1.29, 1.82) is 0 Å². The molecule has 0 saturated heterocycles. The van der Waals surface area contributed by atoms with Crippen molar-refractivity contribution in [3.05, 3.63) is 57.4 Å². The molecular formula is C11H11ClN4O4S. The Morgan fingerprint density at radius 2 is 2.14 bits per heavy atom. The SMILES string of the molecule is CC(c1ccc(Cl)nc1)S(=O)(=O)Cc1nccn1[N+](=O)[O-]. The fourth-order valence-corrected chi connectivity index (χ4v) is 3.20. The van der Waals surface area contributed by atoms with E-state index in [-0.39, 0.29) is 11.0 Å². The summed E-state index contributed by atoms with van der Waals surface area (Å²) in [4.78, 5) is 18.3. The van der Waals surface area contributed by atoms with E-state index >= 15 is 0 Å². The Morgan fingerprint density at radius 3 is 2.71 bits per heavy atom. The van der Waals surface area contributed by atoms with Gasteiger partial charge in [0, 0.05) is 6.20 Å². The average Bonchev–Trinajstić information content (AvgIpc) is 2.86. The number of sulfone groups is 1. The standard InChI is InChI=1S/C11H11ClN4O4S/c1-8(9-2-3-10(12)14-6-9)21(19,20)7-11-13-4-5-15(11)16(17)18/h2-6,8H,7H2,1H3. The molecule has 0 bridgehead atoms. The highest BCUT2D eigenvalue weighted by Crippen LogP contribution is 2.25. The first-order valence-corrected chi connectivity index (χ1v) is 7.90. The summed E-state index contributed by atoms with van der Waals surface area (Å²) in [5.74, 6) is -0.682. The minimum absolute atomic E-state index is 0.145. The second kappa shape index (κ2) is 5.78. The monoisotopic (exact) mass is 330 g/mol. The Kier molecular flexibility index (Phi) is 4.24. The van der Waals surface area contributed by atoms with Crippen LogP contribution < -0.4 is 0 Å². The smallest absolute Gasteiger partial charge is 0.190 e. The van der Waals surface area contributed by atoms with Crippen molar-refractivity contribution in [3.63, 3.8) is 0 Å². The average molecular weight is 331 g/mol. The predicted molar refractivity (Wildman–Crippen MR) is 74.9 cm³/mol. The van der Waals surface area contributed by atoms with Crippen molar-refractivity contribution in [2.45, 2.75) is 17.9 Å². The molecule has 0 spiro atoms. The van der Waals surface area contributed by atoms with E-state index in [0.29, 0.717) is 10.2 Å². The van der Waals surface area contributed by atoms with Crippen molar-refractivity contribution in [2.24, 2.45) is 0 Å². The molecule has 10 heteroatoms. The van der Waals surface area contributed by atoms with E-state index in [1.807, 2.05) is 0 Å². The minimum atomic E-state index is -3.68.